The van der Waals surface area contributed by atoms with E-state index in [1.54, 1.807) is 4.88 Å². The first-order valence-corrected chi connectivity index (χ1v) is 10.9. The second-order valence-corrected chi connectivity index (χ2v) is 7.19. The molecule has 0 spiro atoms. The first-order valence-electron chi connectivity index (χ1n) is 10.0. The predicted molar refractivity (Wildman–Crippen MR) is 118 cm³/mol. The molecule has 0 unspecified atom stereocenters. The maximum atomic E-state index is 4.85. The second kappa shape index (κ2) is 21.3. The van der Waals surface area contributed by atoms with Crippen molar-refractivity contribution in [2.24, 2.45) is 16.5 Å². The van der Waals surface area contributed by atoms with E-state index >= 15 is 0 Å². The van der Waals surface area contributed by atoms with Crippen LogP contribution in [0, 0.1) is 0 Å². The summed E-state index contributed by atoms with van der Waals surface area (Å²) in [5.74, 6) is 0. The molecule has 0 aliphatic carbocycles. The molecule has 1 rings (SSSR count). The Morgan fingerprint density at radius 3 is 1.92 bits per heavy atom. The van der Waals surface area contributed by atoms with Crippen molar-refractivity contribution in [1.29, 1.82) is 0 Å². The minimum Gasteiger partial charge on any atom is -0.333 e. The predicted octanol–water partition coefficient (Wildman–Crippen LogP) is 5.58. The van der Waals surface area contributed by atoms with Crippen LogP contribution in [-0.2, 0) is 12.8 Å². The monoisotopic (exact) mass is 369 g/mol. The molecule has 0 saturated heterocycles. The lowest BCUT2D eigenvalue weighted by Gasteiger charge is -1.99. The van der Waals surface area contributed by atoms with E-state index < -0.39 is 0 Å². The average Bonchev–Trinajstić information content (AvgIpc) is 3.00. The number of unbranched alkanes of at least 4 members (excludes halogenated alkanes) is 6. The lowest BCUT2D eigenvalue weighted by Crippen LogP contribution is -1.88. The van der Waals surface area contributed by atoms with E-state index in [0.717, 1.165) is 6.54 Å². The maximum Gasteiger partial charge on any atom is 0.0483 e. The zero-order valence-corrected chi connectivity index (χ0v) is 18.3. The standard InChI is InChI=1S/C18H31NS.C2H7N.CH5N/c1-4-6-8-10-12-16-14-17(13-11-9-7-5-2)20-18(16)15-19-3;1-2-3;1-2/h14-15H,4-13H2,1-3H3;2-3H2,1H3;2H2,1H3. The molecule has 0 bridgehead atoms. The molecule has 25 heavy (non-hydrogen) atoms. The molecule has 0 aliphatic heterocycles. The lowest BCUT2D eigenvalue weighted by molar-refractivity contribution is 0.664. The summed E-state index contributed by atoms with van der Waals surface area (Å²) in [5, 5.41) is 0. The van der Waals surface area contributed by atoms with Gasteiger partial charge in [0.05, 0.1) is 0 Å². The van der Waals surface area contributed by atoms with Gasteiger partial charge in [0.2, 0.25) is 0 Å². The normalized spacial score (nSPS) is 10.2. The highest BCUT2D eigenvalue weighted by molar-refractivity contribution is 7.13. The Morgan fingerprint density at radius 2 is 1.44 bits per heavy atom. The summed E-state index contributed by atoms with van der Waals surface area (Å²) < 4.78 is 0. The number of nitrogens with two attached hydrogens (primary N) is 2. The molecule has 1 heterocycles. The number of hydrogen-bond donors (Lipinski definition) is 2. The molecule has 3 nitrogen and oxygen atoms in total. The number of rotatable bonds is 11. The van der Waals surface area contributed by atoms with Gasteiger partial charge >= 0.3 is 0 Å². The van der Waals surface area contributed by atoms with E-state index in [1.807, 2.05) is 25.3 Å². The van der Waals surface area contributed by atoms with E-state index in [4.69, 9.17) is 5.73 Å². The summed E-state index contributed by atoms with van der Waals surface area (Å²) in [4.78, 5) is 7.17. The molecule has 0 saturated carbocycles. The molecule has 4 N–H and O–H groups in total. The first-order chi connectivity index (χ1) is 12.2. The third-order valence-corrected chi connectivity index (χ3v) is 4.89. The van der Waals surface area contributed by atoms with Crippen LogP contribution in [0.1, 0.15) is 87.5 Å². The van der Waals surface area contributed by atoms with Gasteiger partial charge in [-0.15, -0.1) is 11.3 Å². The fourth-order valence-electron chi connectivity index (χ4n) is 2.52. The number of nitrogens with zero attached hydrogens (tertiary/aromatic N) is 1. The fourth-order valence-corrected chi connectivity index (χ4v) is 3.70. The minimum absolute atomic E-state index is 0.750. The molecule has 0 fully saturated rings. The van der Waals surface area contributed by atoms with Gasteiger partial charge in [0.1, 0.15) is 0 Å². The molecule has 4 heteroatoms. The molecular weight excluding hydrogens is 326 g/mol. The molecule has 148 valence electrons. The summed E-state index contributed by atoms with van der Waals surface area (Å²) in [6, 6.07) is 2.44. The van der Waals surface area contributed by atoms with E-state index in [9.17, 15) is 0 Å². The topological polar surface area (TPSA) is 64.4 Å². The first kappa shape index (κ1) is 26.5. The van der Waals surface area contributed by atoms with Crippen molar-refractivity contribution in [3.8, 4) is 0 Å². The van der Waals surface area contributed by atoms with Crippen LogP contribution in [0.2, 0.25) is 0 Å². The van der Waals surface area contributed by atoms with E-state index in [-0.39, 0.29) is 0 Å². The van der Waals surface area contributed by atoms with Crippen molar-refractivity contribution < 1.29 is 0 Å². The Labute approximate surface area is 161 Å². The van der Waals surface area contributed by atoms with Crippen LogP contribution in [0.15, 0.2) is 11.1 Å². The molecule has 0 radical (unpaired) electrons. The summed E-state index contributed by atoms with van der Waals surface area (Å²) in [5.41, 5.74) is 10.9. The van der Waals surface area contributed by atoms with Gasteiger partial charge in [0, 0.05) is 23.0 Å². The van der Waals surface area contributed by atoms with E-state index in [2.05, 4.69) is 36.9 Å². The Bertz CT molecular complexity index is 400. The van der Waals surface area contributed by atoms with Crippen molar-refractivity contribution >= 4 is 17.6 Å². The van der Waals surface area contributed by atoms with Gasteiger partial charge in [0.15, 0.2) is 0 Å². The number of thiophene rings is 1. The van der Waals surface area contributed by atoms with Gasteiger partial charge in [-0.1, -0.05) is 59.3 Å². The molecule has 1 aromatic rings. The SMILES string of the molecule is CCCCCCc1cc(CCCCCC)c(C=NC)s1.CCN.CN. The van der Waals surface area contributed by atoms with Crippen molar-refractivity contribution in [3.05, 3.63) is 21.4 Å². The lowest BCUT2D eigenvalue weighted by atomic mass is 10.1. The van der Waals surface area contributed by atoms with Crippen LogP contribution in [0.25, 0.3) is 0 Å². The molecule has 0 aliphatic rings. The highest BCUT2D eigenvalue weighted by Crippen LogP contribution is 2.25. The van der Waals surface area contributed by atoms with Crippen molar-refractivity contribution in [2.75, 3.05) is 20.6 Å². The summed E-state index contributed by atoms with van der Waals surface area (Å²) in [7, 11) is 3.38. The molecule has 0 amide bonds. The summed E-state index contributed by atoms with van der Waals surface area (Å²) >= 11 is 1.96. The molecule has 0 aromatic carbocycles. The Hall–Kier alpha value is -0.710. The van der Waals surface area contributed by atoms with Crippen LogP contribution >= 0.6 is 11.3 Å². The number of aryl methyl sites for hydroxylation is 2. The van der Waals surface area contributed by atoms with E-state index in [0.29, 0.717) is 0 Å². The van der Waals surface area contributed by atoms with Crippen LogP contribution in [0.4, 0.5) is 0 Å². The molecule has 0 atom stereocenters. The fraction of sp³-hybridized carbons (Fsp3) is 0.762. The Balaban J connectivity index is 0. The van der Waals surface area contributed by atoms with Crippen molar-refractivity contribution in [2.45, 2.75) is 85.0 Å². The molecular formula is C21H43N3S. The second-order valence-electron chi connectivity index (χ2n) is 6.02. The molecule has 1 aromatic heterocycles. The zero-order chi connectivity index (χ0) is 19.3. The quantitative estimate of drug-likeness (QED) is 0.395. The van der Waals surface area contributed by atoms with Gasteiger partial charge in [-0.3, -0.25) is 4.99 Å². The minimum atomic E-state index is 0.750. The van der Waals surface area contributed by atoms with Gasteiger partial charge < -0.3 is 11.5 Å². The van der Waals surface area contributed by atoms with Gasteiger partial charge in [-0.05, 0) is 50.9 Å². The Kier molecular flexibility index (Phi) is 22.6. The van der Waals surface area contributed by atoms with Crippen molar-refractivity contribution in [1.82, 2.24) is 0 Å². The van der Waals surface area contributed by atoms with Crippen LogP contribution < -0.4 is 11.5 Å². The highest BCUT2D eigenvalue weighted by Gasteiger charge is 2.07. The average molecular weight is 370 g/mol. The zero-order valence-electron chi connectivity index (χ0n) is 17.4. The van der Waals surface area contributed by atoms with Crippen LogP contribution in [0.3, 0.4) is 0 Å². The highest BCUT2D eigenvalue weighted by atomic mass is 32.1. The van der Waals surface area contributed by atoms with Gasteiger partial charge in [0.25, 0.3) is 0 Å². The summed E-state index contributed by atoms with van der Waals surface area (Å²) in [6.07, 6.45) is 15.3. The third-order valence-electron chi connectivity index (χ3n) is 3.72. The third kappa shape index (κ3) is 15.3. The number of aliphatic imine (C=N–C) groups is 1. The Morgan fingerprint density at radius 1 is 0.920 bits per heavy atom. The number of hydrogen-bond acceptors (Lipinski definition) is 4. The van der Waals surface area contributed by atoms with Crippen LogP contribution in [-0.4, -0.2) is 26.9 Å². The largest absolute Gasteiger partial charge is 0.333 e. The van der Waals surface area contributed by atoms with Gasteiger partial charge in [-0.25, -0.2) is 0 Å². The smallest absolute Gasteiger partial charge is 0.0483 e. The maximum absolute atomic E-state index is 4.85. The van der Waals surface area contributed by atoms with E-state index in [1.165, 1.54) is 81.7 Å². The van der Waals surface area contributed by atoms with Crippen LogP contribution in [0.5, 0.6) is 0 Å². The van der Waals surface area contributed by atoms with Crippen molar-refractivity contribution in [3.63, 3.8) is 0 Å². The van der Waals surface area contributed by atoms with Gasteiger partial charge in [-0.2, -0.15) is 0 Å². The summed E-state index contributed by atoms with van der Waals surface area (Å²) in [6.45, 7) is 7.20.